The molecular weight excluding hydrogens is 421 g/mol. The van der Waals surface area contributed by atoms with Gasteiger partial charge in [0.2, 0.25) is 5.91 Å². The second-order valence-corrected chi connectivity index (χ2v) is 9.42. The summed E-state index contributed by atoms with van der Waals surface area (Å²) in [5.74, 6) is -0.603. The van der Waals surface area contributed by atoms with Crippen molar-refractivity contribution in [3.8, 4) is 5.75 Å². The molecular formula is C26H34FN3O3. The number of likely N-dealkylation sites (tertiary alicyclic amines) is 1. The molecule has 0 unspecified atom stereocenters. The summed E-state index contributed by atoms with van der Waals surface area (Å²) >= 11 is 0. The Kier molecular flexibility index (Phi) is 7.61. The van der Waals surface area contributed by atoms with Gasteiger partial charge in [0.1, 0.15) is 17.6 Å². The predicted octanol–water partition coefficient (Wildman–Crippen LogP) is 4.39. The van der Waals surface area contributed by atoms with Crippen molar-refractivity contribution in [1.82, 2.24) is 10.2 Å². The molecule has 2 aromatic carbocycles. The molecule has 7 heteroatoms. The monoisotopic (exact) mass is 455 g/mol. The van der Waals surface area contributed by atoms with Crippen LogP contribution in [0.4, 0.5) is 10.1 Å². The van der Waals surface area contributed by atoms with Crippen LogP contribution in [0.3, 0.4) is 0 Å². The second-order valence-electron chi connectivity index (χ2n) is 9.42. The molecule has 2 N–H and O–H groups in total. The summed E-state index contributed by atoms with van der Waals surface area (Å²) in [6, 6.07) is 11.5. The first-order valence-electron chi connectivity index (χ1n) is 11.4. The van der Waals surface area contributed by atoms with E-state index in [1.165, 1.54) is 12.1 Å². The minimum Gasteiger partial charge on any atom is -0.497 e. The van der Waals surface area contributed by atoms with Gasteiger partial charge in [0.25, 0.3) is 5.91 Å². The van der Waals surface area contributed by atoms with Crippen LogP contribution in [0.2, 0.25) is 0 Å². The smallest absolute Gasteiger partial charge is 0.254 e. The van der Waals surface area contributed by atoms with E-state index in [9.17, 15) is 14.0 Å². The lowest BCUT2D eigenvalue weighted by atomic mass is 9.88. The largest absolute Gasteiger partial charge is 0.497 e. The fraction of sp³-hybridized carbons (Fsp3) is 0.462. The van der Waals surface area contributed by atoms with Crippen molar-refractivity contribution in [2.24, 2.45) is 5.92 Å². The van der Waals surface area contributed by atoms with Crippen LogP contribution in [0.15, 0.2) is 42.5 Å². The van der Waals surface area contributed by atoms with Gasteiger partial charge in [-0.15, -0.1) is 0 Å². The number of nitrogens with zero attached hydrogens (tertiary/aromatic N) is 1. The van der Waals surface area contributed by atoms with E-state index in [2.05, 4.69) is 17.6 Å². The number of benzene rings is 2. The highest BCUT2D eigenvalue weighted by Gasteiger charge is 2.36. The van der Waals surface area contributed by atoms with Crippen molar-refractivity contribution in [3.05, 3.63) is 59.4 Å². The average Bonchev–Trinajstić information content (AvgIpc) is 2.79. The standard InChI is InChI=1S/C26H34FN3O3/c1-17(2)23(28-24(31)21-16-18(3)6-11-22(21)27)25(32)30-14-12-26(4,13-15-30)29-19-7-9-20(33-5)10-8-19/h6-11,16-17,23,29H,12-15H2,1-5H3,(H,28,31)/t23-/m1/s1. The van der Waals surface area contributed by atoms with E-state index in [4.69, 9.17) is 4.74 Å². The summed E-state index contributed by atoms with van der Waals surface area (Å²) in [6.07, 6.45) is 1.55. The highest BCUT2D eigenvalue weighted by atomic mass is 19.1. The molecule has 1 aliphatic rings. The molecule has 1 atom stereocenters. The zero-order valence-corrected chi connectivity index (χ0v) is 20.1. The Balaban J connectivity index is 1.63. The van der Waals surface area contributed by atoms with Gasteiger partial charge in [0, 0.05) is 24.3 Å². The minimum atomic E-state index is -0.712. The molecule has 2 aromatic rings. The fourth-order valence-corrected chi connectivity index (χ4v) is 4.11. The second kappa shape index (κ2) is 10.2. The number of rotatable bonds is 7. The van der Waals surface area contributed by atoms with E-state index in [-0.39, 0.29) is 22.9 Å². The van der Waals surface area contributed by atoms with E-state index in [1.54, 1.807) is 25.0 Å². The predicted molar refractivity (Wildman–Crippen MR) is 128 cm³/mol. The summed E-state index contributed by atoms with van der Waals surface area (Å²) in [6.45, 7) is 8.88. The first-order chi connectivity index (χ1) is 15.6. The van der Waals surface area contributed by atoms with E-state index < -0.39 is 17.8 Å². The van der Waals surface area contributed by atoms with Gasteiger partial charge in [0.15, 0.2) is 0 Å². The number of carbonyl (C=O) groups is 2. The number of anilines is 1. The van der Waals surface area contributed by atoms with Crippen LogP contribution in [-0.4, -0.2) is 48.5 Å². The van der Waals surface area contributed by atoms with Gasteiger partial charge in [0.05, 0.1) is 12.7 Å². The molecule has 0 radical (unpaired) electrons. The number of nitrogens with one attached hydrogen (secondary N) is 2. The SMILES string of the molecule is COc1ccc(NC2(C)CCN(C(=O)[C@H](NC(=O)c3cc(C)ccc3F)C(C)C)CC2)cc1. The molecule has 2 amide bonds. The highest BCUT2D eigenvalue weighted by molar-refractivity contribution is 5.98. The number of carbonyl (C=O) groups excluding carboxylic acids is 2. The Bertz CT molecular complexity index is 983. The Hall–Kier alpha value is -3.09. The molecule has 0 aromatic heterocycles. The first-order valence-corrected chi connectivity index (χ1v) is 11.4. The van der Waals surface area contributed by atoms with Crippen LogP contribution in [-0.2, 0) is 4.79 Å². The summed E-state index contributed by atoms with van der Waals surface area (Å²) in [7, 11) is 1.64. The zero-order chi connectivity index (χ0) is 24.2. The van der Waals surface area contributed by atoms with Crippen LogP contribution >= 0.6 is 0 Å². The third-order valence-electron chi connectivity index (χ3n) is 6.30. The number of ether oxygens (including phenoxy) is 1. The lowest BCUT2D eigenvalue weighted by Crippen LogP contribution is -2.56. The molecule has 0 bridgehead atoms. The summed E-state index contributed by atoms with van der Waals surface area (Å²) < 4.78 is 19.4. The molecule has 0 saturated carbocycles. The highest BCUT2D eigenvalue weighted by Crippen LogP contribution is 2.28. The van der Waals surface area contributed by atoms with E-state index in [1.807, 2.05) is 38.1 Å². The van der Waals surface area contributed by atoms with Crippen molar-refractivity contribution in [2.45, 2.75) is 52.1 Å². The minimum absolute atomic E-state index is 0.0386. The van der Waals surface area contributed by atoms with E-state index in [0.717, 1.165) is 29.8 Å². The quantitative estimate of drug-likeness (QED) is 0.650. The van der Waals surface area contributed by atoms with Gasteiger partial charge in [-0.3, -0.25) is 9.59 Å². The van der Waals surface area contributed by atoms with Crippen LogP contribution in [0.25, 0.3) is 0 Å². The van der Waals surface area contributed by atoms with Crippen molar-refractivity contribution in [3.63, 3.8) is 0 Å². The van der Waals surface area contributed by atoms with Crippen molar-refractivity contribution in [2.75, 3.05) is 25.5 Å². The van der Waals surface area contributed by atoms with Gasteiger partial charge in [-0.05, 0) is 69.0 Å². The zero-order valence-electron chi connectivity index (χ0n) is 20.1. The molecule has 0 spiro atoms. The molecule has 3 rings (SSSR count). The van der Waals surface area contributed by atoms with Gasteiger partial charge in [-0.1, -0.05) is 25.5 Å². The number of halogens is 1. The van der Waals surface area contributed by atoms with Crippen LogP contribution in [0, 0.1) is 18.7 Å². The van der Waals surface area contributed by atoms with Gasteiger partial charge < -0.3 is 20.3 Å². The summed E-state index contributed by atoms with van der Waals surface area (Å²) in [4.78, 5) is 27.8. The third kappa shape index (κ3) is 6.03. The first kappa shape index (κ1) is 24.6. The Morgan fingerprint density at radius 1 is 1.09 bits per heavy atom. The maximum atomic E-state index is 14.2. The van der Waals surface area contributed by atoms with Crippen molar-refractivity contribution in [1.29, 1.82) is 0 Å². The molecule has 0 aliphatic carbocycles. The molecule has 33 heavy (non-hydrogen) atoms. The van der Waals surface area contributed by atoms with Gasteiger partial charge in [-0.25, -0.2) is 4.39 Å². The Morgan fingerprint density at radius 2 is 1.73 bits per heavy atom. The lowest BCUT2D eigenvalue weighted by Gasteiger charge is -2.42. The summed E-state index contributed by atoms with van der Waals surface area (Å²) in [5, 5.41) is 6.35. The number of piperidine rings is 1. The summed E-state index contributed by atoms with van der Waals surface area (Å²) in [5.41, 5.74) is 1.61. The van der Waals surface area contributed by atoms with Crippen molar-refractivity contribution >= 4 is 17.5 Å². The number of methoxy groups -OCH3 is 1. The number of hydrogen-bond acceptors (Lipinski definition) is 4. The Morgan fingerprint density at radius 3 is 2.30 bits per heavy atom. The molecule has 1 heterocycles. The lowest BCUT2D eigenvalue weighted by molar-refractivity contribution is -0.135. The van der Waals surface area contributed by atoms with Gasteiger partial charge in [-0.2, -0.15) is 0 Å². The normalized spacial score (nSPS) is 16.3. The topological polar surface area (TPSA) is 70.7 Å². The average molecular weight is 456 g/mol. The molecule has 1 fully saturated rings. The number of aryl methyl sites for hydroxylation is 1. The fourth-order valence-electron chi connectivity index (χ4n) is 4.11. The van der Waals surface area contributed by atoms with Crippen LogP contribution < -0.4 is 15.4 Å². The Labute approximate surface area is 195 Å². The maximum Gasteiger partial charge on any atom is 0.254 e. The number of hydrogen-bond donors (Lipinski definition) is 2. The van der Waals surface area contributed by atoms with E-state index >= 15 is 0 Å². The van der Waals surface area contributed by atoms with Crippen LogP contribution in [0.1, 0.15) is 49.5 Å². The molecule has 178 valence electrons. The molecule has 1 saturated heterocycles. The third-order valence-corrected chi connectivity index (χ3v) is 6.30. The van der Waals surface area contributed by atoms with Crippen molar-refractivity contribution < 1.29 is 18.7 Å². The van der Waals surface area contributed by atoms with Gasteiger partial charge >= 0.3 is 0 Å². The number of amides is 2. The van der Waals surface area contributed by atoms with E-state index in [0.29, 0.717) is 13.1 Å². The van der Waals surface area contributed by atoms with Crippen LogP contribution in [0.5, 0.6) is 5.75 Å². The molecule has 6 nitrogen and oxygen atoms in total. The molecule has 1 aliphatic heterocycles. The maximum absolute atomic E-state index is 14.2.